The summed E-state index contributed by atoms with van der Waals surface area (Å²) in [5.74, 6) is -1.58. The van der Waals surface area contributed by atoms with Gasteiger partial charge in [-0.25, -0.2) is 4.39 Å². The highest BCUT2D eigenvalue weighted by atomic mass is 19.1. The van der Waals surface area contributed by atoms with Gasteiger partial charge in [-0.15, -0.1) is 0 Å². The summed E-state index contributed by atoms with van der Waals surface area (Å²) < 4.78 is 13.7. The molecule has 1 aliphatic rings. The third kappa shape index (κ3) is 2.15. The summed E-state index contributed by atoms with van der Waals surface area (Å²) in [4.78, 5) is 12.5. The average Bonchev–Trinajstić information content (AvgIpc) is 2.81. The highest BCUT2D eigenvalue weighted by Gasteiger charge is 2.41. The van der Waals surface area contributed by atoms with Crippen molar-refractivity contribution in [2.24, 2.45) is 5.41 Å². The molecule has 0 heterocycles. The fourth-order valence-corrected chi connectivity index (χ4v) is 2.73. The van der Waals surface area contributed by atoms with Gasteiger partial charge in [0.2, 0.25) is 0 Å². The number of nitrogens with zero attached hydrogens (tertiary/aromatic N) is 1. The fourth-order valence-electron chi connectivity index (χ4n) is 2.73. The first kappa shape index (κ1) is 12.8. The predicted octanol–water partition coefficient (Wildman–Crippen LogP) is 3.58. The molecule has 0 amide bonds. The zero-order chi connectivity index (χ0) is 13.2. The Labute approximate surface area is 106 Å². The molecule has 0 radical (unpaired) electrons. The van der Waals surface area contributed by atoms with E-state index in [2.05, 4.69) is 0 Å². The van der Waals surface area contributed by atoms with Crippen LogP contribution in [0.25, 0.3) is 0 Å². The number of hydrogen-bond donors (Lipinski definition) is 0. The van der Waals surface area contributed by atoms with Crippen LogP contribution in [-0.4, -0.2) is 5.78 Å². The van der Waals surface area contributed by atoms with Crippen molar-refractivity contribution in [3.8, 4) is 6.07 Å². The van der Waals surface area contributed by atoms with Crippen LogP contribution in [0, 0.1) is 22.6 Å². The maximum atomic E-state index is 13.7. The SMILES string of the molecule is CC1(C(=O)C(C#N)c2ccccc2F)CCCC1. The molecular formula is C15H16FNO. The molecular weight excluding hydrogens is 229 g/mol. The molecule has 1 atom stereocenters. The molecule has 1 aliphatic carbocycles. The number of rotatable bonds is 3. The number of halogens is 1. The Morgan fingerprint density at radius 1 is 1.39 bits per heavy atom. The van der Waals surface area contributed by atoms with E-state index in [-0.39, 0.29) is 11.3 Å². The maximum Gasteiger partial charge on any atom is 0.160 e. The highest BCUT2D eigenvalue weighted by molar-refractivity contribution is 5.93. The fraction of sp³-hybridized carbons (Fsp3) is 0.467. The Bertz CT molecular complexity index is 497. The minimum absolute atomic E-state index is 0.132. The molecule has 1 saturated carbocycles. The molecule has 0 saturated heterocycles. The summed E-state index contributed by atoms with van der Waals surface area (Å²) in [6.07, 6.45) is 3.63. The minimum Gasteiger partial charge on any atom is -0.297 e. The van der Waals surface area contributed by atoms with Crippen LogP contribution >= 0.6 is 0 Å². The molecule has 2 nitrogen and oxygen atoms in total. The van der Waals surface area contributed by atoms with Gasteiger partial charge < -0.3 is 0 Å². The first-order chi connectivity index (χ1) is 8.58. The summed E-state index contributed by atoms with van der Waals surface area (Å²) in [7, 11) is 0. The third-order valence-corrected chi connectivity index (χ3v) is 3.91. The third-order valence-electron chi connectivity index (χ3n) is 3.91. The summed E-state index contributed by atoms with van der Waals surface area (Å²) in [5.41, 5.74) is -0.249. The van der Waals surface area contributed by atoms with E-state index in [1.807, 2.05) is 13.0 Å². The van der Waals surface area contributed by atoms with Gasteiger partial charge in [0.15, 0.2) is 5.78 Å². The van der Waals surface area contributed by atoms with Crippen LogP contribution in [0.15, 0.2) is 24.3 Å². The number of Topliss-reactive ketones (excluding diaryl/α,β-unsaturated/α-hetero) is 1. The Morgan fingerprint density at radius 3 is 2.56 bits per heavy atom. The molecule has 0 bridgehead atoms. The number of benzene rings is 1. The zero-order valence-electron chi connectivity index (χ0n) is 10.4. The second kappa shape index (κ2) is 4.89. The van der Waals surface area contributed by atoms with Crippen molar-refractivity contribution in [2.75, 3.05) is 0 Å². The molecule has 18 heavy (non-hydrogen) atoms. The van der Waals surface area contributed by atoms with E-state index in [9.17, 15) is 14.4 Å². The van der Waals surface area contributed by atoms with Gasteiger partial charge >= 0.3 is 0 Å². The first-order valence-electron chi connectivity index (χ1n) is 6.27. The van der Waals surface area contributed by atoms with E-state index in [0.717, 1.165) is 25.7 Å². The molecule has 0 spiro atoms. The quantitative estimate of drug-likeness (QED) is 0.816. The lowest BCUT2D eigenvalue weighted by Crippen LogP contribution is -2.29. The Kier molecular flexibility index (Phi) is 3.47. The molecule has 0 aromatic heterocycles. The maximum absolute atomic E-state index is 13.7. The normalized spacial score (nSPS) is 19.2. The van der Waals surface area contributed by atoms with E-state index >= 15 is 0 Å². The van der Waals surface area contributed by atoms with E-state index in [1.54, 1.807) is 12.1 Å². The van der Waals surface area contributed by atoms with Gasteiger partial charge in [-0.3, -0.25) is 4.79 Å². The van der Waals surface area contributed by atoms with Crippen molar-refractivity contribution < 1.29 is 9.18 Å². The van der Waals surface area contributed by atoms with Gasteiger partial charge in [-0.2, -0.15) is 5.26 Å². The van der Waals surface area contributed by atoms with Crippen molar-refractivity contribution >= 4 is 5.78 Å². The minimum atomic E-state index is -0.978. The lowest BCUT2D eigenvalue weighted by atomic mass is 9.76. The molecule has 2 rings (SSSR count). The largest absolute Gasteiger partial charge is 0.297 e. The molecule has 1 aromatic carbocycles. The van der Waals surface area contributed by atoms with Gasteiger partial charge in [-0.1, -0.05) is 38.0 Å². The second-order valence-electron chi connectivity index (χ2n) is 5.22. The van der Waals surface area contributed by atoms with E-state index in [4.69, 9.17) is 0 Å². The molecule has 0 N–H and O–H groups in total. The van der Waals surface area contributed by atoms with Crippen molar-refractivity contribution in [2.45, 2.75) is 38.5 Å². The summed E-state index contributed by atoms with van der Waals surface area (Å²) >= 11 is 0. The van der Waals surface area contributed by atoms with Crippen molar-refractivity contribution in [3.63, 3.8) is 0 Å². The number of ketones is 1. The standard InChI is InChI=1S/C15H16FNO/c1-15(8-4-5-9-15)14(18)12(10-17)11-6-2-3-7-13(11)16/h2-3,6-7,12H,4-5,8-9H2,1H3. The van der Waals surface area contributed by atoms with Gasteiger partial charge in [0.1, 0.15) is 11.7 Å². The van der Waals surface area contributed by atoms with Crippen LogP contribution in [0.4, 0.5) is 4.39 Å². The summed E-state index contributed by atoms with van der Waals surface area (Å²) in [6.45, 7) is 1.90. The summed E-state index contributed by atoms with van der Waals surface area (Å²) in [5, 5.41) is 9.21. The van der Waals surface area contributed by atoms with E-state index in [1.165, 1.54) is 12.1 Å². The van der Waals surface area contributed by atoms with Crippen LogP contribution in [0.5, 0.6) is 0 Å². The smallest absolute Gasteiger partial charge is 0.160 e. The summed E-state index contributed by atoms with van der Waals surface area (Å²) in [6, 6.07) is 8.02. The molecule has 94 valence electrons. The average molecular weight is 245 g/mol. The molecule has 3 heteroatoms. The van der Waals surface area contributed by atoms with E-state index < -0.39 is 17.2 Å². The first-order valence-corrected chi connectivity index (χ1v) is 6.27. The Balaban J connectivity index is 2.33. The zero-order valence-corrected chi connectivity index (χ0v) is 10.4. The van der Waals surface area contributed by atoms with Crippen LogP contribution in [0.1, 0.15) is 44.1 Å². The molecule has 1 aromatic rings. The highest BCUT2D eigenvalue weighted by Crippen LogP contribution is 2.42. The molecule has 1 fully saturated rings. The monoisotopic (exact) mass is 245 g/mol. The molecule has 1 unspecified atom stereocenters. The van der Waals surface area contributed by atoms with Gasteiger partial charge in [0.25, 0.3) is 0 Å². The number of nitriles is 1. The number of hydrogen-bond acceptors (Lipinski definition) is 2. The lowest BCUT2D eigenvalue weighted by Gasteiger charge is -2.24. The van der Waals surface area contributed by atoms with Gasteiger partial charge in [0.05, 0.1) is 6.07 Å². The lowest BCUT2D eigenvalue weighted by molar-refractivity contribution is -0.128. The Morgan fingerprint density at radius 2 is 2.00 bits per heavy atom. The van der Waals surface area contributed by atoms with Crippen LogP contribution < -0.4 is 0 Å². The topological polar surface area (TPSA) is 40.9 Å². The number of carbonyl (C=O) groups is 1. The van der Waals surface area contributed by atoms with Crippen molar-refractivity contribution in [3.05, 3.63) is 35.6 Å². The Hall–Kier alpha value is -1.69. The van der Waals surface area contributed by atoms with E-state index in [0.29, 0.717) is 0 Å². The van der Waals surface area contributed by atoms with Crippen LogP contribution in [0.2, 0.25) is 0 Å². The van der Waals surface area contributed by atoms with Crippen molar-refractivity contribution in [1.29, 1.82) is 5.26 Å². The van der Waals surface area contributed by atoms with Crippen molar-refractivity contribution in [1.82, 2.24) is 0 Å². The van der Waals surface area contributed by atoms with Crippen LogP contribution in [0.3, 0.4) is 0 Å². The molecule has 0 aliphatic heterocycles. The van der Waals surface area contributed by atoms with Crippen LogP contribution in [-0.2, 0) is 4.79 Å². The van der Waals surface area contributed by atoms with Gasteiger partial charge in [0, 0.05) is 11.0 Å². The van der Waals surface area contributed by atoms with Gasteiger partial charge in [-0.05, 0) is 18.9 Å². The second-order valence-corrected chi connectivity index (χ2v) is 5.22. The predicted molar refractivity (Wildman–Crippen MR) is 66.3 cm³/mol. The number of carbonyl (C=O) groups excluding carboxylic acids is 1.